The van der Waals surface area contributed by atoms with Gasteiger partial charge in [-0.1, -0.05) is 41.5 Å². The van der Waals surface area contributed by atoms with Gasteiger partial charge >= 0.3 is 6.09 Å². The van der Waals surface area contributed by atoms with E-state index >= 15 is 0 Å². The number of oxime groups is 1. The first-order chi connectivity index (χ1) is 11.0. The largest absolute Gasteiger partial charge is 0.462 e. The van der Waals surface area contributed by atoms with E-state index in [9.17, 15) is 9.90 Å². The highest BCUT2D eigenvalue weighted by atomic mass is 16.7. The van der Waals surface area contributed by atoms with Gasteiger partial charge in [-0.15, -0.1) is 0 Å². The monoisotopic (exact) mass is 315 g/mol. The molecule has 0 fully saturated rings. The number of nitrogens with two attached hydrogens (primary N) is 1. The molecule has 7 heteroatoms. The summed E-state index contributed by atoms with van der Waals surface area (Å²) in [4.78, 5) is 21.8. The van der Waals surface area contributed by atoms with Crippen molar-refractivity contribution in [3.63, 3.8) is 0 Å². The van der Waals surface area contributed by atoms with Crippen LogP contribution in [0.4, 0.5) is 4.79 Å². The Hall–Kier alpha value is -3.22. The number of nitrogens with zero attached hydrogens (tertiary/aromatic N) is 2. The van der Waals surface area contributed by atoms with Gasteiger partial charge in [-0.2, -0.15) is 0 Å². The van der Waals surface area contributed by atoms with Crippen LogP contribution in [0.15, 0.2) is 53.7 Å². The zero-order valence-electron chi connectivity index (χ0n) is 12.8. The molecule has 0 radical (unpaired) electrons. The molecule has 0 aliphatic rings. The van der Waals surface area contributed by atoms with Crippen molar-refractivity contribution in [2.24, 2.45) is 10.9 Å². The number of carbonyl (C=O) groups is 1. The third-order valence-electron chi connectivity index (χ3n) is 3.00. The van der Waals surface area contributed by atoms with Crippen LogP contribution in [0.3, 0.4) is 0 Å². The van der Waals surface area contributed by atoms with E-state index in [1.165, 1.54) is 0 Å². The van der Waals surface area contributed by atoms with Crippen molar-refractivity contribution in [1.29, 1.82) is 0 Å². The maximum atomic E-state index is 11.3. The fraction of sp³-hybridized carbons (Fsp3) is 0.125. The second kappa shape index (κ2) is 7.17. The summed E-state index contributed by atoms with van der Waals surface area (Å²) in [7, 11) is 0. The van der Waals surface area contributed by atoms with E-state index in [2.05, 4.69) is 5.16 Å². The molecule has 120 valence electrons. The number of carboxylic acid groups (broad SMARTS) is 1. The van der Waals surface area contributed by atoms with Gasteiger partial charge in [0, 0.05) is 0 Å². The number of amides is 1. The Morgan fingerprint density at radius 3 is 2.09 bits per heavy atom. The Bertz CT molecular complexity index is 731. The quantitative estimate of drug-likeness (QED) is 0.513. The molecule has 0 aliphatic heterocycles. The van der Waals surface area contributed by atoms with Crippen LogP contribution in [0.2, 0.25) is 0 Å². The molecule has 0 atom stereocenters. The molecule has 0 saturated carbocycles. The average Bonchev–Trinajstić information content (AvgIpc) is 2.52. The number of aryl methyl sites for hydroxylation is 2. The van der Waals surface area contributed by atoms with Crippen LogP contribution in [0.5, 0.6) is 11.5 Å². The molecule has 23 heavy (non-hydrogen) atoms. The lowest BCUT2D eigenvalue weighted by molar-refractivity contribution is 0.0221. The van der Waals surface area contributed by atoms with E-state index in [-0.39, 0.29) is 0 Å². The van der Waals surface area contributed by atoms with Gasteiger partial charge in [0.15, 0.2) is 11.5 Å². The molecular weight excluding hydrogens is 298 g/mol. The normalized spacial score (nSPS) is 11.0. The Balaban J connectivity index is 2.17. The van der Waals surface area contributed by atoms with Crippen LogP contribution in [0.1, 0.15) is 11.1 Å². The molecule has 2 aromatic carbocycles. The van der Waals surface area contributed by atoms with Crippen LogP contribution < -0.4 is 15.4 Å². The fourth-order valence-corrected chi connectivity index (χ4v) is 1.73. The second-order valence-corrected chi connectivity index (χ2v) is 4.74. The molecule has 0 heterocycles. The molecule has 0 aromatic heterocycles. The van der Waals surface area contributed by atoms with Gasteiger partial charge in [-0.25, -0.2) is 4.79 Å². The van der Waals surface area contributed by atoms with Gasteiger partial charge in [-0.05, 0) is 42.3 Å². The van der Waals surface area contributed by atoms with Crippen molar-refractivity contribution in [1.82, 2.24) is 5.06 Å². The Morgan fingerprint density at radius 1 is 1.04 bits per heavy atom. The molecule has 1 amide bonds. The smallest absolute Gasteiger partial charge is 0.448 e. The molecule has 0 aliphatic carbocycles. The summed E-state index contributed by atoms with van der Waals surface area (Å²) in [6.45, 7) is 3.62. The maximum absolute atomic E-state index is 11.3. The van der Waals surface area contributed by atoms with Crippen LogP contribution in [-0.4, -0.2) is 22.2 Å². The summed E-state index contributed by atoms with van der Waals surface area (Å²) in [5.41, 5.74) is 7.25. The predicted molar refractivity (Wildman–Crippen MR) is 85.1 cm³/mol. The topological polar surface area (TPSA) is 97.4 Å². The number of para-hydroxylation sites is 2. The molecule has 2 rings (SSSR count). The van der Waals surface area contributed by atoms with E-state index < -0.39 is 12.1 Å². The first-order valence-electron chi connectivity index (χ1n) is 6.82. The van der Waals surface area contributed by atoms with Gasteiger partial charge in [0.1, 0.15) is 0 Å². The highest BCUT2D eigenvalue weighted by Crippen LogP contribution is 2.18. The first kappa shape index (κ1) is 16.2. The van der Waals surface area contributed by atoms with Gasteiger partial charge in [0.25, 0.3) is 5.96 Å². The van der Waals surface area contributed by atoms with Gasteiger partial charge < -0.3 is 20.5 Å². The molecule has 3 N–H and O–H groups in total. The average molecular weight is 315 g/mol. The SMILES string of the molecule is Cc1ccccc1ON=C(N)N(Oc1ccccc1C)C(=O)O. The van der Waals surface area contributed by atoms with Crippen molar-refractivity contribution in [3.05, 3.63) is 59.7 Å². The summed E-state index contributed by atoms with van der Waals surface area (Å²) in [5, 5.41) is 13.3. The summed E-state index contributed by atoms with van der Waals surface area (Å²) in [6.07, 6.45) is -1.41. The lowest BCUT2D eigenvalue weighted by Crippen LogP contribution is -2.44. The minimum atomic E-state index is -1.41. The first-order valence-corrected chi connectivity index (χ1v) is 6.82. The third-order valence-corrected chi connectivity index (χ3v) is 3.00. The zero-order chi connectivity index (χ0) is 16.8. The number of hydrogen-bond donors (Lipinski definition) is 2. The van der Waals surface area contributed by atoms with E-state index in [1.54, 1.807) is 37.3 Å². The van der Waals surface area contributed by atoms with Crippen molar-refractivity contribution >= 4 is 12.1 Å². The summed E-state index contributed by atoms with van der Waals surface area (Å²) >= 11 is 0. The van der Waals surface area contributed by atoms with Crippen LogP contribution in [0.25, 0.3) is 0 Å². The van der Waals surface area contributed by atoms with Crippen molar-refractivity contribution in [3.8, 4) is 11.5 Å². The zero-order valence-corrected chi connectivity index (χ0v) is 12.8. The molecule has 2 aromatic rings. The molecule has 7 nitrogen and oxygen atoms in total. The summed E-state index contributed by atoms with van der Waals surface area (Å²) in [6, 6.07) is 14.1. The van der Waals surface area contributed by atoms with E-state index in [4.69, 9.17) is 15.4 Å². The number of rotatable bonds is 4. The summed E-state index contributed by atoms with van der Waals surface area (Å²) in [5.74, 6) is 0.379. The number of hydrogen-bond acceptors (Lipinski definition) is 4. The number of benzene rings is 2. The molecular formula is C16H17N3O4. The molecule has 0 spiro atoms. The standard InChI is InChI=1S/C16H17N3O4/c1-11-7-3-5-9-13(11)22-18-15(17)19(16(20)21)23-14-10-6-4-8-12(14)2/h3-10H,1-2H3,(H2,17,18)(H,20,21). The predicted octanol–water partition coefficient (Wildman–Crippen LogP) is 2.89. The summed E-state index contributed by atoms with van der Waals surface area (Å²) < 4.78 is 0. The number of guanidine groups is 1. The van der Waals surface area contributed by atoms with Crippen molar-refractivity contribution in [2.45, 2.75) is 13.8 Å². The lowest BCUT2D eigenvalue weighted by Gasteiger charge is -2.18. The number of hydroxylamine groups is 2. The second-order valence-electron chi connectivity index (χ2n) is 4.74. The van der Waals surface area contributed by atoms with E-state index in [1.807, 2.05) is 25.1 Å². The van der Waals surface area contributed by atoms with Crippen LogP contribution >= 0.6 is 0 Å². The Kier molecular flexibility index (Phi) is 5.03. The molecule has 0 unspecified atom stereocenters. The lowest BCUT2D eigenvalue weighted by atomic mass is 10.2. The highest BCUT2D eigenvalue weighted by molar-refractivity contribution is 5.90. The Labute approximate surface area is 133 Å². The molecule has 0 saturated heterocycles. The van der Waals surface area contributed by atoms with Crippen LogP contribution in [-0.2, 0) is 0 Å². The van der Waals surface area contributed by atoms with E-state index in [0.29, 0.717) is 16.6 Å². The van der Waals surface area contributed by atoms with Crippen molar-refractivity contribution in [2.75, 3.05) is 0 Å². The third kappa shape index (κ3) is 4.13. The highest BCUT2D eigenvalue weighted by Gasteiger charge is 2.20. The minimum Gasteiger partial charge on any atom is -0.462 e. The maximum Gasteiger partial charge on any atom is 0.448 e. The molecule has 0 bridgehead atoms. The minimum absolute atomic E-state index is 0.351. The van der Waals surface area contributed by atoms with Gasteiger partial charge in [0.05, 0.1) is 0 Å². The Morgan fingerprint density at radius 2 is 1.57 bits per heavy atom. The van der Waals surface area contributed by atoms with Crippen LogP contribution in [0, 0.1) is 13.8 Å². The fourth-order valence-electron chi connectivity index (χ4n) is 1.73. The van der Waals surface area contributed by atoms with Gasteiger partial charge in [0.2, 0.25) is 0 Å². The van der Waals surface area contributed by atoms with Crippen molar-refractivity contribution < 1.29 is 19.6 Å². The van der Waals surface area contributed by atoms with E-state index in [0.717, 1.165) is 11.1 Å². The van der Waals surface area contributed by atoms with Gasteiger partial charge in [-0.3, -0.25) is 0 Å².